The largest absolute Gasteiger partial charge is 0.458 e. The second-order valence-electron chi connectivity index (χ2n) is 10.2. The van der Waals surface area contributed by atoms with E-state index in [0.29, 0.717) is 50.0 Å². The van der Waals surface area contributed by atoms with Crippen molar-refractivity contribution in [2.75, 3.05) is 26.2 Å². The lowest BCUT2D eigenvalue weighted by Crippen LogP contribution is -2.58. The molecule has 0 bridgehead atoms. The SMILES string of the molecule is CC(C)(C)OC(=O)COC1CCN(C(=O)[C@]2(C)CCCN2C(=O)c2ccc(C(N)=S)cc2)CC1. The molecule has 0 aromatic heterocycles. The van der Waals surface area contributed by atoms with E-state index in [1.165, 1.54) is 0 Å². The van der Waals surface area contributed by atoms with Gasteiger partial charge in [-0.15, -0.1) is 0 Å². The van der Waals surface area contributed by atoms with Gasteiger partial charge in [0, 0.05) is 30.8 Å². The number of ether oxygens (including phenoxy) is 2. The van der Waals surface area contributed by atoms with E-state index in [0.717, 1.165) is 6.42 Å². The molecule has 2 aliphatic rings. The van der Waals surface area contributed by atoms with Crippen molar-refractivity contribution in [3.63, 3.8) is 0 Å². The maximum Gasteiger partial charge on any atom is 0.332 e. The van der Waals surface area contributed by atoms with Gasteiger partial charge in [-0.05, 0) is 65.5 Å². The van der Waals surface area contributed by atoms with Crippen molar-refractivity contribution in [3.05, 3.63) is 35.4 Å². The van der Waals surface area contributed by atoms with Gasteiger partial charge in [0.1, 0.15) is 22.7 Å². The van der Waals surface area contributed by atoms with Gasteiger partial charge >= 0.3 is 5.97 Å². The highest BCUT2D eigenvalue weighted by Gasteiger charge is 2.48. The van der Waals surface area contributed by atoms with Gasteiger partial charge in [-0.25, -0.2) is 4.79 Å². The molecule has 0 aliphatic carbocycles. The third-order valence-electron chi connectivity index (χ3n) is 6.35. The van der Waals surface area contributed by atoms with E-state index < -0.39 is 11.1 Å². The summed E-state index contributed by atoms with van der Waals surface area (Å²) < 4.78 is 11.0. The summed E-state index contributed by atoms with van der Waals surface area (Å²) in [5.41, 5.74) is 5.42. The highest BCUT2D eigenvalue weighted by Crippen LogP contribution is 2.33. The van der Waals surface area contributed by atoms with E-state index in [-0.39, 0.29) is 35.5 Å². The van der Waals surface area contributed by atoms with E-state index in [4.69, 9.17) is 27.4 Å². The monoisotopic (exact) mass is 489 g/mol. The van der Waals surface area contributed by atoms with Crippen molar-refractivity contribution in [2.45, 2.75) is 70.6 Å². The third kappa shape index (κ3) is 6.13. The third-order valence-corrected chi connectivity index (χ3v) is 6.59. The fourth-order valence-electron chi connectivity index (χ4n) is 4.57. The molecule has 1 atom stereocenters. The number of thiocarbonyl (C=S) groups is 1. The summed E-state index contributed by atoms with van der Waals surface area (Å²) in [7, 11) is 0. The van der Waals surface area contributed by atoms with Crippen LogP contribution in [0, 0.1) is 0 Å². The van der Waals surface area contributed by atoms with Gasteiger partial charge in [-0.3, -0.25) is 9.59 Å². The van der Waals surface area contributed by atoms with Gasteiger partial charge in [-0.1, -0.05) is 24.4 Å². The molecule has 8 nitrogen and oxygen atoms in total. The molecule has 2 heterocycles. The van der Waals surface area contributed by atoms with Crippen LogP contribution >= 0.6 is 12.2 Å². The maximum absolute atomic E-state index is 13.5. The topological polar surface area (TPSA) is 102 Å². The number of nitrogens with two attached hydrogens (primary N) is 1. The van der Waals surface area contributed by atoms with Gasteiger partial charge in [0.15, 0.2) is 0 Å². The first-order valence-electron chi connectivity index (χ1n) is 11.8. The zero-order valence-electron chi connectivity index (χ0n) is 20.5. The number of benzene rings is 1. The minimum absolute atomic E-state index is 0.0382. The molecule has 1 aromatic carbocycles. The fraction of sp³-hybridized carbons (Fsp3) is 0.600. The van der Waals surface area contributed by atoms with Crippen LogP contribution in [0.25, 0.3) is 0 Å². The summed E-state index contributed by atoms with van der Waals surface area (Å²) in [6, 6.07) is 6.86. The molecule has 186 valence electrons. The molecule has 0 spiro atoms. The molecule has 2 saturated heterocycles. The fourth-order valence-corrected chi connectivity index (χ4v) is 4.70. The number of rotatable bonds is 6. The first-order valence-corrected chi connectivity index (χ1v) is 12.2. The van der Waals surface area contributed by atoms with Crippen LogP contribution in [0.2, 0.25) is 0 Å². The van der Waals surface area contributed by atoms with Crippen LogP contribution in [-0.2, 0) is 19.1 Å². The first kappa shape index (κ1) is 26.1. The molecular weight excluding hydrogens is 454 g/mol. The van der Waals surface area contributed by atoms with Crippen molar-refractivity contribution in [1.29, 1.82) is 0 Å². The van der Waals surface area contributed by atoms with Crippen LogP contribution in [-0.4, -0.2) is 76.1 Å². The molecule has 9 heteroatoms. The van der Waals surface area contributed by atoms with E-state index >= 15 is 0 Å². The van der Waals surface area contributed by atoms with Crippen molar-refractivity contribution in [3.8, 4) is 0 Å². The van der Waals surface area contributed by atoms with E-state index in [2.05, 4.69) is 0 Å². The number of hydrogen-bond donors (Lipinski definition) is 1. The van der Waals surface area contributed by atoms with Crippen LogP contribution in [0.1, 0.15) is 69.3 Å². The van der Waals surface area contributed by atoms with Gasteiger partial charge in [-0.2, -0.15) is 0 Å². The van der Waals surface area contributed by atoms with Crippen molar-refractivity contribution in [1.82, 2.24) is 9.80 Å². The Morgan fingerprint density at radius 2 is 1.68 bits per heavy atom. The van der Waals surface area contributed by atoms with Gasteiger partial charge < -0.3 is 25.0 Å². The van der Waals surface area contributed by atoms with Crippen LogP contribution in [0.4, 0.5) is 0 Å². The molecule has 0 saturated carbocycles. The average Bonchev–Trinajstić information content (AvgIpc) is 3.18. The second-order valence-corrected chi connectivity index (χ2v) is 10.6. The summed E-state index contributed by atoms with van der Waals surface area (Å²) in [5.74, 6) is -0.595. The molecule has 2 aliphatic heterocycles. The number of carbonyl (C=O) groups is 3. The number of esters is 1. The zero-order chi connectivity index (χ0) is 25.1. The molecule has 2 amide bonds. The minimum Gasteiger partial charge on any atom is -0.458 e. The van der Waals surface area contributed by atoms with Crippen molar-refractivity contribution in [2.24, 2.45) is 5.73 Å². The number of hydrogen-bond acceptors (Lipinski definition) is 6. The average molecular weight is 490 g/mol. The second kappa shape index (κ2) is 10.4. The van der Waals surface area contributed by atoms with Gasteiger partial charge in [0.25, 0.3) is 5.91 Å². The first-order chi connectivity index (χ1) is 15.9. The van der Waals surface area contributed by atoms with Crippen molar-refractivity contribution < 1.29 is 23.9 Å². The Bertz CT molecular complexity index is 935. The molecule has 0 unspecified atom stereocenters. The smallest absolute Gasteiger partial charge is 0.332 e. The van der Waals surface area contributed by atoms with Crippen LogP contribution in [0.5, 0.6) is 0 Å². The highest BCUT2D eigenvalue weighted by atomic mass is 32.1. The molecule has 2 N–H and O–H groups in total. The predicted molar refractivity (Wildman–Crippen MR) is 132 cm³/mol. The minimum atomic E-state index is -0.886. The molecule has 2 fully saturated rings. The van der Waals surface area contributed by atoms with Crippen LogP contribution < -0.4 is 5.73 Å². The summed E-state index contributed by atoms with van der Waals surface area (Å²) in [5, 5.41) is 0. The normalized spacial score (nSPS) is 21.4. The zero-order valence-corrected chi connectivity index (χ0v) is 21.3. The summed E-state index contributed by atoms with van der Waals surface area (Å²) in [6.07, 6.45) is 2.57. The number of likely N-dealkylation sites (tertiary alicyclic amines) is 2. The quantitative estimate of drug-likeness (QED) is 0.484. The lowest BCUT2D eigenvalue weighted by atomic mass is 9.94. The summed E-state index contributed by atoms with van der Waals surface area (Å²) in [6.45, 7) is 8.80. The van der Waals surface area contributed by atoms with E-state index in [1.807, 2.05) is 32.6 Å². The molecular formula is C25H35N3O5S. The standard InChI is InChI=1S/C25H35N3O5S/c1-24(2,3)33-20(29)16-32-19-10-14-27(15-11-19)23(31)25(4)12-5-13-28(25)22(30)18-8-6-17(7-9-18)21(26)34/h6-9,19H,5,10-16H2,1-4H3,(H2,26,34)/t25-/m0/s1. The summed E-state index contributed by atoms with van der Waals surface area (Å²) >= 11 is 4.98. The van der Waals surface area contributed by atoms with Crippen molar-refractivity contribution >= 4 is 35.0 Å². The highest BCUT2D eigenvalue weighted by molar-refractivity contribution is 7.80. The Balaban J connectivity index is 1.58. The lowest BCUT2D eigenvalue weighted by molar-refractivity contribution is -0.164. The summed E-state index contributed by atoms with van der Waals surface area (Å²) in [4.78, 5) is 42.5. The lowest BCUT2D eigenvalue weighted by Gasteiger charge is -2.40. The molecule has 3 rings (SSSR count). The number of carbonyl (C=O) groups excluding carboxylic acids is 3. The Morgan fingerprint density at radius 1 is 1.09 bits per heavy atom. The Hall–Kier alpha value is -2.52. The Kier molecular flexibility index (Phi) is 7.98. The van der Waals surface area contributed by atoms with E-state index in [9.17, 15) is 14.4 Å². The Labute approximate surface area is 206 Å². The van der Waals surface area contributed by atoms with E-state index in [1.54, 1.807) is 29.2 Å². The Morgan fingerprint density at radius 3 is 2.24 bits per heavy atom. The molecule has 1 aromatic rings. The predicted octanol–water partition coefficient (Wildman–Crippen LogP) is 2.66. The van der Waals surface area contributed by atoms with Gasteiger partial charge in [0.2, 0.25) is 5.91 Å². The number of amides is 2. The maximum atomic E-state index is 13.5. The molecule has 0 radical (unpaired) electrons. The van der Waals surface area contributed by atoms with Crippen LogP contribution in [0.3, 0.4) is 0 Å². The number of piperidine rings is 1. The van der Waals surface area contributed by atoms with Crippen LogP contribution in [0.15, 0.2) is 24.3 Å². The number of nitrogens with zero attached hydrogens (tertiary/aromatic N) is 2. The molecule has 34 heavy (non-hydrogen) atoms. The van der Waals surface area contributed by atoms with Gasteiger partial charge in [0.05, 0.1) is 6.10 Å².